The first-order valence-electron chi connectivity index (χ1n) is 7.04. The van der Waals surface area contributed by atoms with Crippen molar-refractivity contribution in [3.05, 3.63) is 24.3 Å². The molecule has 110 valence electrons. The van der Waals surface area contributed by atoms with Gasteiger partial charge in [-0.25, -0.2) is 4.79 Å². The number of amides is 2. The monoisotopic (exact) mass is 278 g/mol. The molecule has 0 spiro atoms. The minimum atomic E-state index is -0.136. The highest BCUT2D eigenvalue weighted by Gasteiger charge is 2.24. The first kappa shape index (κ1) is 14.5. The molecule has 1 N–H and O–H groups in total. The van der Waals surface area contributed by atoms with Crippen molar-refractivity contribution in [3.8, 4) is 11.5 Å². The zero-order chi connectivity index (χ0) is 14.5. The molecule has 0 aromatic heterocycles. The molecule has 5 nitrogen and oxygen atoms in total. The molecule has 1 aliphatic rings. The molecule has 1 aliphatic heterocycles. The average Bonchev–Trinajstić information content (AvgIpc) is 2.43. The number of likely N-dealkylation sites (N-methyl/N-ethyl adjacent to an activating group) is 1. The third-order valence-electron chi connectivity index (χ3n) is 3.07. The molecule has 0 saturated heterocycles. The van der Waals surface area contributed by atoms with Crippen LogP contribution < -0.4 is 14.8 Å². The van der Waals surface area contributed by atoms with Crippen LogP contribution in [0.15, 0.2) is 24.3 Å². The second kappa shape index (κ2) is 6.50. The summed E-state index contributed by atoms with van der Waals surface area (Å²) in [4.78, 5) is 13.8. The first-order chi connectivity index (χ1) is 9.60. The van der Waals surface area contributed by atoms with Crippen molar-refractivity contribution in [2.24, 2.45) is 0 Å². The Balaban J connectivity index is 1.95. The molecule has 5 heteroatoms. The van der Waals surface area contributed by atoms with Crippen molar-refractivity contribution in [2.45, 2.75) is 32.9 Å². The Morgan fingerprint density at radius 3 is 2.75 bits per heavy atom. The Bertz CT molecular complexity index is 462. The van der Waals surface area contributed by atoms with Crippen LogP contribution in [0.3, 0.4) is 0 Å². The summed E-state index contributed by atoms with van der Waals surface area (Å²) < 4.78 is 11.5. The van der Waals surface area contributed by atoms with E-state index < -0.39 is 0 Å². The predicted octanol–water partition coefficient (Wildman–Crippen LogP) is 2.27. The van der Waals surface area contributed by atoms with Gasteiger partial charge >= 0.3 is 6.03 Å². The van der Waals surface area contributed by atoms with E-state index in [1.54, 1.807) is 4.90 Å². The van der Waals surface area contributed by atoms with Gasteiger partial charge in [-0.15, -0.1) is 0 Å². The van der Waals surface area contributed by atoms with Crippen molar-refractivity contribution in [2.75, 3.05) is 19.7 Å². The number of rotatable bonds is 4. The molecule has 1 unspecified atom stereocenters. The molecule has 1 atom stereocenters. The smallest absolute Gasteiger partial charge is 0.317 e. The Kier molecular flexibility index (Phi) is 4.71. The molecule has 1 heterocycles. The normalized spacial score (nSPS) is 16.9. The van der Waals surface area contributed by atoms with E-state index in [1.165, 1.54) is 0 Å². The fourth-order valence-corrected chi connectivity index (χ4v) is 2.09. The number of fused-ring (bicyclic) bond motifs is 1. The standard InChI is InChI=1S/C15H22N2O3/c1-4-17(15(18)16-11(2)3)9-12-10-19-13-7-5-6-8-14(13)20-12/h5-8,11-12H,4,9-10H2,1-3H3,(H,16,18). The van der Waals surface area contributed by atoms with Gasteiger partial charge in [0.1, 0.15) is 6.61 Å². The van der Waals surface area contributed by atoms with Crippen molar-refractivity contribution < 1.29 is 14.3 Å². The molecule has 2 rings (SSSR count). The maximum atomic E-state index is 12.0. The highest BCUT2D eigenvalue weighted by molar-refractivity contribution is 5.74. The molecule has 0 bridgehead atoms. The Labute approximate surface area is 119 Å². The van der Waals surface area contributed by atoms with E-state index in [0.29, 0.717) is 19.7 Å². The van der Waals surface area contributed by atoms with Gasteiger partial charge in [-0.1, -0.05) is 12.1 Å². The Morgan fingerprint density at radius 1 is 1.40 bits per heavy atom. The number of carbonyl (C=O) groups is 1. The van der Waals surface area contributed by atoms with Gasteiger partial charge in [0.15, 0.2) is 17.6 Å². The summed E-state index contributed by atoms with van der Waals surface area (Å²) in [6.07, 6.45) is -0.136. The van der Waals surface area contributed by atoms with Crippen LogP contribution in [-0.2, 0) is 0 Å². The molecule has 0 aliphatic carbocycles. The quantitative estimate of drug-likeness (QED) is 0.919. The lowest BCUT2D eigenvalue weighted by Gasteiger charge is -2.31. The van der Waals surface area contributed by atoms with Crippen molar-refractivity contribution >= 4 is 6.03 Å². The number of hydrogen-bond acceptors (Lipinski definition) is 3. The summed E-state index contributed by atoms with van der Waals surface area (Å²) >= 11 is 0. The predicted molar refractivity (Wildman–Crippen MR) is 77.3 cm³/mol. The van der Waals surface area contributed by atoms with Crippen LogP contribution in [-0.4, -0.2) is 42.8 Å². The number of carbonyl (C=O) groups excluding carboxylic acids is 1. The van der Waals surface area contributed by atoms with Gasteiger partial charge in [-0.05, 0) is 32.9 Å². The fraction of sp³-hybridized carbons (Fsp3) is 0.533. The molecule has 20 heavy (non-hydrogen) atoms. The lowest BCUT2D eigenvalue weighted by Crippen LogP contribution is -2.48. The summed E-state index contributed by atoms with van der Waals surface area (Å²) in [5.41, 5.74) is 0. The van der Waals surface area contributed by atoms with Gasteiger partial charge in [0, 0.05) is 12.6 Å². The van der Waals surface area contributed by atoms with E-state index in [-0.39, 0.29) is 18.2 Å². The van der Waals surface area contributed by atoms with Gasteiger partial charge in [0.05, 0.1) is 6.54 Å². The van der Waals surface area contributed by atoms with Gasteiger partial charge in [-0.2, -0.15) is 0 Å². The van der Waals surface area contributed by atoms with Crippen molar-refractivity contribution in [3.63, 3.8) is 0 Å². The number of nitrogens with one attached hydrogen (secondary N) is 1. The van der Waals surface area contributed by atoms with Gasteiger partial charge in [-0.3, -0.25) is 0 Å². The molecule has 2 amide bonds. The van der Waals surface area contributed by atoms with Crippen molar-refractivity contribution in [1.29, 1.82) is 0 Å². The third-order valence-corrected chi connectivity index (χ3v) is 3.07. The minimum absolute atomic E-state index is 0.0649. The second-order valence-corrected chi connectivity index (χ2v) is 5.14. The van der Waals surface area contributed by atoms with E-state index in [1.807, 2.05) is 45.0 Å². The van der Waals surface area contributed by atoms with E-state index in [4.69, 9.17) is 9.47 Å². The second-order valence-electron chi connectivity index (χ2n) is 5.14. The van der Waals surface area contributed by atoms with Crippen molar-refractivity contribution in [1.82, 2.24) is 10.2 Å². The average molecular weight is 278 g/mol. The zero-order valence-corrected chi connectivity index (χ0v) is 12.3. The van der Waals surface area contributed by atoms with Gasteiger partial charge < -0.3 is 19.7 Å². The summed E-state index contributed by atoms with van der Waals surface area (Å²) in [5, 5.41) is 2.89. The summed E-state index contributed by atoms with van der Waals surface area (Å²) in [6.45, 7) is 7.47. The van der Waals surface area contributed by atoms with Crippen LogP contribution in [0.2, 0.25) is 0 Å². The first-order valence-corrected chi connectivity index (χ1v) is 7.04. The highest BCUT2D eigenvalue weighted by Crippen LogP contribution is 2.30. The highest BCUT2D eigenvalue weighted by atomic mass is 16.6. The maximum absolute atomic E-state index is 12.0. The molecule has 0 fully saturated rings. The molecular formula is C15H22N2O3. The molecular weight excluding hydrogens is 256 g/mol. The lowest BCUT2D eigenvalue weighted by atomic mass is 10.2. The topological polar surface area (TPSA) is 50.8 Å². The van der Waals surface area contributed by atoms with Gasteiger partial charge in [0.2, 0.25) is 0 Å². The number of ether oxygens (including phenoxy) is 2. The van der Waals surface area contributed by atoms with Crippen LogP contribution in [0, 0.1) is 0 Å². The molecule has 1 aromatic carbocycles. The molecule has 0 saturated carbocycles. The van der Waals surface area contributed by atoms with E-state index in [0.717, 1.165) is 11.5 Å². The SMILES string of the molecule is CCN(CC1COc2ccccc2O1)C(=O)NC(C)C. The van der Waals surface area contributed by atoms with Crippen LogP contribution in [0.4, 0.5) is 4.79 Å². The van der Waals surface area contributed by atoms with E-state index in [9.17, 15) is 4.79 Å². The van der Waals surface area contributed by atoms with Crippen LogP contribution in [0.25, 0.3) is 0 Å². The molecule has 0 radical (unpaired) electrons. The number of nitrogens with zero attached hydrogens (tertiary/aromatic N) is 1. The number of hydrogen-bond donors (Lipinski definition) is 1. The third kappa shape index (κ3) is 3.56. The van der Waals surface area contributed by atoms with Crippen LogP contribution in [0.1, 0.15) is 20.8 Å². The van der Waals surface area contributed by atoms with E-state index >= 15 is 0 Å². The summed E-state index contributed by atoms with van der Waals surface area (Å²) in [6, 6.07) is 7.65. The number of para-hydroxylation sites is 2. The molecule has 1 aromatic rings. The lowest BCUT2D eigenvalue weighted by molar-refractivity contribution is 0.0673. The fourth-order valence-electron chi connectivity index (χ4n) is 2.09. The Morgan fingerprint density at radius 2 is 2.10 bits per heavy atom. The van der Waals surface area contributed by atoms with Crippen LogP contribution in [0.5, 0.6) is 11.5 Å². The maximum Gasteiger partial charge on any atom is 0.317 e. The largest absolute Gasteiger partial charge is 0.486 e. The number of benzene rings is 1. The number of urea groups is 1. The Hall–Kier alpha value is -1.91. The zero-order valence-electron chi connectivity index (χ0n) is 12.3. The van der Waals surface area contributed by atoms with Gasteiger partial charge in [0.25, 0.3) is 0 Å². The summed E-state index contributed by atoms with van der Waals surface area (Å²) in [7, 11) is 0. The minimum Gasteiger partial charge on any atom is -0.486 e. The van der Waals surface area contributed by atoms with Crippen LogP contribution >= 0.6 is 0 Å². The van der Waals surface area contributed by atoms with E-state index in [2.05, 4.69) is 5.32 Å². The summed E-state index contributed by atoms with van der Waals surface area (Å²) in [5.74, 6) is 1.50.